The minimum Gasteiger partial charge on any atom is -0.409 e. The van der Waals surface area contributed by atoms with Crippen molar-refractivity contribution in [2.24, 2.45) is 5.84 Å². The molecular weight excluding hydrogens is 256 g/mol. The molecule has 1 aromatic carbocycles. The summed E-state index contributed by atoms with van der Waals surface area (Å²) in [6, 6.07) is 7.66. The number of H-pyrrole nitrogens is 1. The second kappa shape index (κ2) is 5.17. The molecule has 0 aliphatic rings. The van der Waals surface area contributed by atoms with E-state index in [9.17, 15) is 0 Å². The predicted octanol–water partition coefficient (Wildman–Crippen LogP) is 1.73. The Hall–Kier alpha value is -1.57. The Labute approximate surface area is 108 Å². The molecule has 17 heavy (non-hydrogen) atoms. The van der Waals surface area contributed by atoms with Crippen LogP contribution >= 0.6 is 24.4 Å². The van der Waals surface area contributed by atoms with Crippen molar-refractivity contribution in [3.05, 3.63) is 34.7 Å². The zero-order chi connectivity index (χ0) is 12.3. The molecule has 0 amide bonds. The Kier molecular flexibility index (Phi) is 3.62. The number of aromatic nitrogens is 2. The standard InChI is InChI=1S/C10H10N4OS2/c11-12-8(16)5-6-1-3-7(4-2-6)9-13-14-10(17)15-9/h1-4H,5,11H2,(H,12,16)(H,14,17). The van der Waals surface area contributed by atoms with Crippen LogP contribution in [0.25, 0.3) is 11.5 Å². The smallest absolute Gasteiger partial charge is 0.284 e. The molecule has 1 aromatic heterocycles. The fourth-order valence-corrected chi connectivity index (χ4v) is 1.65. The largest absolute Gasteiger partial charge is 0.409 e. The highest BCUT2D eigenvalue weighted by atomic mass is 32.1. The molecule has 0 spiro atoms. The first-order valence-electron chi connectivity index (χ1n) is 4.83. The van der Waals surface area contributed by atoms with E-state index in [1.165, 1.54) is 0 Å². The summed E-state index contributed by atoms with van der Waals surface area (Å²) in [4.78, 5) is 0.854. The highest BCUT2D eigenvalue weighted by molar-refractivity contribution is 7.80. The van der Waals surface area contributed by atoms with E-state index in [0.29, 0.717) is 17.3 Å². The summed E-state index contributed by atoms with van der Waals surface area (Å²) in [5, 5.41) is 6.51. The molecule has 0 aliphatic heterocycles. The fourth-order valence-electron chi connectivity index (χ4n) is 1.35. The summed E-state index contributed by atoms with van der Waals surface area (Å²) in [6.07, 6.45) is 0.607. The molecule has 0 radical (unpaired) electrons. The number of rotatable bonds is 3. The average Bonchev–Trinajstić information content (AvgIpc) is 2.77. The van der Waals surface area contributed by atoms with Gasteiger partial charge in [0, 0.05) is 12.0 Å². The van der Waals surface area contributed by atoms with Gasteiger partial charge >= 0.3 is 0 Å². The Morgan fingerprint density at radius 3 is 2.65 bits per heavy atom. The molecule has 88 valence electrons. The monoisotopic (exact) mass is 266 g/mol. The van der Waals surface area contributed by atoms with Crippen molar-refractivity contribution in [3.63, 3.8) is 0 Å². The number of thiocarbonyl (C=S) groups is 1. The lowest BCUT2D eigenvalue weighted by atomic mass is 10.1. The van der Waals surface area contributed by atoms with Crippen LogP contribution in [-0.2, 0) is 6.42 Å². The van der Waals surface area contributed by atoms with Gasteiger partial charge in [0.25, 0.3) is 4.84 Å². The molecule has 0 aliphatic carbocycles. The van der Waals surface area contributed by atoms with Gasteiger partial charge < -0.3 is 9.84 Å². The van der Waals surface area contributed by atoms with Gasteiger partial charge in [-0.15, -0.1) is 5.10 Å². The van der Waals surface area contributed by atoms with Crippen LogP contribution < -0.4 is 11.3 Å². The summed E-state index contributed by atoms with van der Waals surface area (Å²) in [5.41, 5.74) is 4.36. The van der Waals surface area contributed by atoms with Gasteiger partial charge in [0.2, 0.25) is 5.89 Å². The van der Waals surface area contributed by atoms with E-state index in [1.54, 1.807) is 0 Å². The van der Waals surface area contributed by atoms with E-state index in [2.05, 4.69) is 15.6 Å². The van der Waals surface area contributed by atoms with Gasteiger partial charge in [-0.2, -0.15) is 0 Å². The van der Waals surface area contributed by atoms with Crippen LogP contribution in [0.4, 0.5) is 0 Å². The first kappa shape index (κ1) is 11.9. The van der Waals surface area contributed by atoms with Crippen molar-refractivity contribution in [3.8, 4) is 11.5 Å². The first-order chi connectivity index (χ1) is 8.19. The third-order valence-corrected chi connectivity index (χ3v) is 2.60. The Bertz CT molecular complexity index is 572. The minimum atomic E-state index is 0.262. The van der Waals surface area contributed by atoms with Crippen molar-refractivity contribution < 1.29 is 4.42 Å². The van der Waals surface area contributed by atoms with Crippen molar-refractivity contribution in [1.82, 2.24) is 15.6 Å². The Morgan fingerprint density at radius 2 is 2.12 bits per heavy atom. The van der Waals surface area contributed by atoms with E-state index in [1.807, 2.05) is 24.3 Å². The lowest BCUT2D eigenvalue weighted by Gasteiger charge is -2.03. The second-order valence-corrected chi connectivity index (χ2v) is 4.22. The van der Waals surface area contributed by atoms with E-state index in [0.717, 1.165) is 11.1 Å². The van der Waals surface area contributed by atoms with Gasteiger partial charge in [0.05, 0.1) is 4.99 Å². The third kappa shape index (κ3) is 2.96. The van der Waals surface area contributed by atoms with Crippen LogP contribution in [-0.4, -0.2) is 15.2 Å². The molecule has 0 saturated heterocycles. The SMILES string of the molecule is NNC(=S)Cc1ccc(-c2n[nH]c(=S)o2)cc1. The number of nitrogens with one attached hydrogen (secondary N) is 2. The van der Waals surface area contributed by atoms with Gasteiger partial charge in [-0.05, 0) is 29.9 Å². The lowest BCUT2D eigenvalue weighted by molar-refractivity contribution is 0.552. The van der Waals surface area contributed by atoms with E-state index in [4.69, 9.17) is 34.7 Å². The zero-order valence-corrected chi connectivity index (χ0v) is 10.4. The summed E-state index contributed by atoms with van der Waals surface area (Å²) >= 11 is 9.79. The summed E-state index contributed by atoms with van der Waals surface area (Å²) < 4.78 is 5.20. The van der Waals surface area contributed by atoms with Gasteiger partial charge in [-0.1, -0.05) is 24.4 Å². The number of hydrazine groups is 1. The summed E-state index contributed by atoms with van der Waals surface area (Å²) in [6.45, 7) is 0. The topological polar surface area (TPSA) is 79.9 Å². The zero-order valence-electron chi connectivity index (χ0n) is 8.77. The third-order valence-electron chi connectivity index (χ3n) is 2.16. The van der Waals surface area contributed by atoms with Crippen molar-refractivity contribution in [2.75, 3.05) is 0 Å². The molecule has 0 bridgehead atoms. The van der Waals surface area contributed by atoms with Crippen molar-refractivity contribution >= 4 is 29.4 Å². The maximum Gasteiger partial charge on any atom is 0.284 e. The molecule has 2 aromatic rings. The molecule has 4 N–H and O–H groups in total. The van der Waals surface area contributed by atoms with E-state index < -0.39 is 0 Å². The molecule has 5 nitrogen and oxygen atoms in total. The van der Waals surface area contributed by atoms with Crippen LogP contribution in [0.5, 0.6) is 0 Å². The van der Waals surface area contributed by atoms with Crippen molar-refractivity contribution in [1.29, 1.82) is 0 Å². The fraction of sp³-hybridized carbons (Fsp3) is 0.100. The number of nitrogens with zero attached hydrogens (tertiary/aromatic N) is 1. The molecule has 7 heteroatoms. The van der Waals surface area contributed by atoms with Crippen LogP contribution in [0.1, 0.15) is 5.56 Å². The highest BCUT2D eigenvalue weighted by Crippen LogP contribution is 2.17. The molecule has 0 unspecified atom stereocenters. The van der Waals surface area contributed by atoms with Gasteiger partial charge in [0.1, 0.15) is 0 Å². The summed E-state index contributed by atoms with van der Waals surface area (Å²) in [7, 11) is 0. The average molecular weight is 266 g/mol. The Morgan fingerprint density at radius 1 is 1.41 bits per heavy atom. The number of hydrogen-bond donors (Lipinski definition) is 3. The lowest BCUT2D eigenvalue weighted by Crippen LogP contribution is -2.29. The maximum atomic E-state index is 5.21. The van der Waals surface area contributed by atoms with Crippen LogP contribution in [0.2, 0.25) is 0 Å². The molecule has 0 fully saturated rings. The maximum absolute atomic E-state index is 5.21. The molecule has 2 rings (SSSR count). The number of aromatic amines is 1. The van der Waals surface area contributed by atoms with Crippen LogP contribution in [0.3, 0.4) is 0 Å². The summed E-state index contributed by atoms with van der Waals surface area (Å²) in [5.74, 6) is 5.68. The van der Waals surface area contributed by atoms with Crippen LogP contribution in [0.15, 0.2) is 28.7 Å². The highest BCUT2D eigenvalue weighted by Gasteiger charge is 2.04. The first-order valence-corrected chi connectivity index (χ1v) is 5.65. The second-order valence-electron chi connectivity index (χ2n) is 3.36. The van der Waals surface area contributed by atoms with Gasteiger partial charge in [0.15, 0.2) is 0 Å². The quantitative estimate of drug-likeness (QED) is 0.446. The Balaban J connectivity index is 2.18. The molecule has 0 saturated carbocycles. The number of nitrogens with two attached hydrogens (primary N) is 1. The van der Waals surface area contributed by atoms with E-state index in [-0.39, 0.29) is 4.84 Å². The molecule has 0 atom stereocenters. The molecule has 1 heterocycles. The van der Waals surface area contributed by atoms with Gasteiger partial charge in [-0.3, -0.25) is 5.84 Å². The van der Waals surface area contributed by atoms with Gasteiger partial charge in [-0.25, -0.2) is 5.10 Å². The predicted molar refractivity (Wildman–Crippen MR) is 70.7 cm³/mol. The normalized spacial score (nSPS) is 10.2. The molecular formula is C10H10N4OS2. The van der Waals surface area contributed by atoms with Crippen LogP contribution in [0, 0.1) is 4.84 Å². The number of hydrogen-bond acceptors (Lipinski definition) is 5. The van der Waals surface area contributed by atoms with E-state index >= 15 is 0 Å². The van der Waals surface area contributed by atoms with Crippen molar-refractivity contribution in [2.45, 2.75) is 6.42 Å². The minimum absolute atomic E-state index is 0.262. The number of benzene rings is 1.